The molecule has 2 aromatic rings. The van der Waals surface area contributed by atoms with Crippen LogP contribution in [-0.4, -0.2) is 9.97 Å². The van der Waals surface area contributed by atoms with Gasteiger partial charge in [0.25, 0.3) is 5.56 Å². The van der Waals surface area contributed by atoms with Gasteiger partial charge in [0.05, 0.1) is 17.2 Å². The van der Waals surface area contributed by atoms with Gasteiger partial charge in [-0.05, 0) is 12.1 Å². The second-order valence-electron chi connectivity index (χ2n) is 2.62. The highest BCUT2D eigenvalue weighted by Gasteiger charge is 1.95. The molecule has 2 N–H and O–H groups in total. The van der Waals surface area contributed by atoms with Crippen molar-refractivity contribution in [2.24, 2.45) is 0 Å². The molecule has 0 bridgehead atoms. The van der Waals surface area contributed by atoms with Crippen LogP contribution in [0, 0.1) is 0 Å². The first-order chi connectivity index (χ1) is 6.27. The number of benzene rings is 1. The summed E-state index contributed by atoms with van der Waals surface area (Å²) in [6.45, 7) is 0. The van der Waals surface area contributed by atoms with Gasteiger partial charge < -0.3 is 5.73 Å². The highest BCUT2D eigenvalue weighted by atomic mass is 16.1. The smallest absolute Gasteiger partial charge is 0.295 e. The number of nitrogens with two attached hydrogens (primary N) is 1. The highest BCUT2D eigenvalue weighted by Crippen LogP contribution is 2.04. The minimum absolute atomic E-state index is 0.0659. The minimum Gasteiger partial charge on any atom is -0.393 e. The van der Waals surface area contributed by atoms with E-state index in [1.807, 2.05) is 6.07 Å². The summed E-state index contributed by atoms with van der Waals surface area (Å²) in [7, 11) is 0. The molecule has 13 heavy (non-hydrogen) atoms. The lowest BCUT2D eigenvalue weighted by atomic mass is 10.3. The van der Waals surface area contributed by atoms with Gasteiger partial charge in [0, 0.05) is 0 Å². The summed E-state index contributed by atoms with van der Waals surface area (Å²) in [6, 6.07) is 7.13. The Balaban J connectivity index is 2.97. The van der Waals surface area contributed by atoms with Gasteiger partial charge in [-0.15, -0.1) is 0 Å². The summed E-state index contributed by atoms with van der Waals surface area (Å²) in [5.41, 5.74) is 6.23. The Morgan fingerprint density at radius 2 is 1.85 bits per heavy atom. The van der Waals surface area contributed by atoms with E-state index in [4.69, 9.17) is 5.73 Å². The molecule has 0 aliphatic carbocycles. The number of rotatable bonds is 0. The van der Waals surface area contributed by atoms with E-state index in [0.29, 0.717) is 11.0 Å². The van der Waals surface area contributed by atoms with Gasteiger partial charge in [-0.1, -0.05) is 12.1 Å². The van der Waals surface area contributed by atoms with Crippen molar-refractivity contribution < 1.29 is 0 Å². The fourth-order valence-corrected chi connectivity index (χ4v) is 1.04. The molecule has 1 heterocycles. The molecule has 0 aliphatic heterocycles. The van der Waals surface area contributed by atoms with E-state index in [1.54, 1.807) is 18.2 Å². The van der Waals surface area contributed by atoms with E-state index >= 15 is 0 Å². The standard InChI is InChI=1S/C9H7N3O/c10-6-5-11-7-3-1-2-4-8(7)12-9(6)13/h1-5H,(H2,10,12,13). The van der Waals surface area contributed by atoms with Gasteiger partial charge in [-0.3, -0.25) is 9.78 Å². The van der Waals surface area contributed by atoms with E-state index < -0.39 is 5.56 Å². The zero-order valence-corrected chi connectivity index (χ0v) is 6.77. The third-order valence-electron chi connectivity index (χ3n) is 1.69. The molecule has 4 nitrogen and oxygen atoms in total. The number of nitrogens with zero attached hydrogens (tertiary/aromatic N) is 2. The predicted molar refractivity (Wildman–Crippen MR) is 50.2 cm³/mol. The number of anilines is 1. The molecule has 64 valence electrons. The third-order valence-corrected chi connectivity index (χ3v) is 1.69. The quantitative estimate of drug-likeness (QED) is 0.632. The maximum Gasteiger partial charge on any atom is 0.295 e. The molecular formula is C9H7N3O. The lowest BCUT2D eigenvalue weighted by molar-refractivity contribution is 1.33. The van der Waals surface area contributed by atoms with Crippen molar-refractivity contribution in [3.63, 3.8) is 0 Å². The van der Waals surface area contributed by atoms with Crippen LogP contribution in [-0.2, 0) is 0 Å². The normalized spacial score (nSPS) is 10.2. The van der Waals surface area contributed by atoms with Crippen molar-refractivity contribution in [2.45, 2.75) is 0 Å². The SMILES string of the molecule is Nc1cnc2ccccc2nc1=O. The average Bonchev–Trinajstić information content (AvgIpc) is 2.28. The predicted octanol–water partition coefficient (Wildman–Crippen LogP) is 0.572. The van der Waals surface area contributed by atoms with E-state index in [9.17, 15) is 4.79 Å². The number of fused-ring (bicyclic) bond motifs is 1. The third kappa shape index (κ3) is 1.33. The van der Waals surface area contributed by atoms with Crippen molar-refractivity contribution in [3.05, 3.63) is 40.8 Å². The first-order valence-electron chi connectivity index (χ1n) is 3.79. The van der Waals surface area contributed by atoms with Crippen molar-refractivity contribution in [1.29, 1.82) is 0 Å². The summed E-state index contributed by atoms with van der Waals surface area (Å²) in [6.07, 6.45) is 1.33. The molecular weight excluding hydrogens is 166 g/mol. The second kappa shape index (κ2) is 2.82. The van der Waals surface area contributed by atoms with Gasteiger partial charge in [-0.25, -0.2) is 4.98 Å². The molecule has 0 radical (unpaired) electrons. The summed E-state index contributed by atoms with van der Waals surface area (Å²) in [5, 5.41) is 0. The largest absolute Gasteiger partial charge is 0.393 e. The number of hydrogen-bond donors (Lipinski definition) is 1. The maximum absolute atomic E-state index is 11.2. The van der Waals surface area contributed by atoms with Gasteiger partial charge in [0.2, 0.25) is 0 Å². The zero-order valence-electron chi connectivity index (χ0n) is 6.77. The minimum atomic E-state index is -0.436. The van der Waals surface area contributed by atoms with Crippen LogP contribution in [0.15, 0.2) is 35.3 Å². The van der Waals surface area contributed by atoms with Crippen molar-refractivity contribution in [1.82, 2.24) is 9.97 Å². The van der Waals surface area contributed by atoms with Crippen LogP contribution in [0.2, 0.25) is 0 Å². The highest BCUT2D eigenvalue weighted by molar-refractivity contribution is 5.73. The number of hydrogen-bond acceptors (Lipinski definition) is 4. The molecule has 0 fully saturated rings. The number of aromatic nitrogens is 2. The van der Waals surface area contributed by atoms with Crippen molar-refractivity contribution >= 4 is 16.7 Å². The topological polar surface area (TPSA) is 68.9 Å². The Morgan fingerprint density at radius 1 is 1.15 bits per heavy atom. The van der Waals surface area contributed by atoms with E-state index in [0.717, 1.165) is 0 Å². The lowest BCUT2D eigenvalue weighted by Gasteiger charge is -1.85. The fourth-order valence-electron chi connectivity index (χ4n) is 1.04. The van der Waals surface area contributed by atoms with Gasteiger partial charge in [0.15, 0.2) is 0 Å². The Labute approximate surface area is 74.1 Å². The number of nitrogen functional groups attached to an aromatic ring is 1. The monoisotopic (exact) mass is 173 g/mol. The Morgan fingerprint density at radius 3 is 2.62 bits per heavy atom. The molecule has 0 atom stereocenters. The molecule has 1 aromatic carbocycles. The maximum atomic E-state index is 11.2. The first kappa shape index (κ1) is 7.67. The molecule has 0 unspecified atom stereocenters. The van der Waals surface area contributed by atoms with Crippen LogP contribution in [0.3, 0.4) is 0 Å². The van der Waals surface area contributed by atoms with Crippen LogP contribution in [0.1, 0.15) is 0 Å². The zero-order chi connectivity index (χ0) is 9.26. The Hall–Kier alpha value is -1.97. The molecule has 4 heteroatoms. The van der Waals surface area contributed by atoms with E-state index in [1.165, 1.54) is 6.20 Å². The van der Waals surface area contributed by atoms with Crippen LogP contribution in [0.25, 0.3) is 11.0 Å². The van der Waals surface area contributed by atoms with Crippen LogP contribution in [0.4, 0.5) is 5.69 Å². The van der Waals surface area contributed by atoms with Gasteiger partial charge in [-0.2, -0.15) is 0 Å². The van der Waals surface area contributed by atoms with E-state index in [2.05, 4.69) is 9.97 Å². The fraction of sp³-hybridized carbons (Fsp3) is 0. The van der Waals surface area contributed by atoms with Crippen LogP contribution < -0.4 is 11.3 Å². The Kier molecular flexibility index (Phi) is 1.66. The van der Waals surface area contributed by atoms with Gasteiger partial charge in [0.1, 0.15) is 5.69 Å². The molecule has 0 amide bonds. The first-order valence-corrected chi connectivity index (χ1v) is 3.79. The summed E-state index contributed by atoms with van der Waals surface area (Å²) in [4.78, 5) is 19.0. The van der Waals surface area contributed by atoms with Crippen molar-refractivity contribution in [2.75, 3.05) is 5.73 Å². The molecule has 1 aromatic heterocycles. The van der Waals surface area contributed by atoms with Crippen LogP contribution in [0.5, 0.6) is 0 Å². The molecule has 2 rings (SSSR count). The second-order valence-corrected chi connectivity index (χ2v) is 2.62. The molecule has 0 aliphatic rings. The van der Waals surface area contributed by atoms with Crippen molar-refractivity contribution in [3.8, 4) is 0 Å². The lowest BCUT2D eigenvalue weighted by Crippen LogP contribution is -2.07. The molecule has 0 spiro atoms. The average molecular weight is 173 g/mol. The summed E-state index contributed by atoms with van der Waals surface area (Å²) >= 11 is 0. The number of para-hydroxylation sites is 2. The Bertz CT molecular complexity index is 510. The van der Waals surface area contributed by atoms with Crippen LogP contribution >= 0.6 is 0 Å². The molecule has 0 saturated carbocycles. The van der Waals surface area contributed by atoms with Gasteiger partial charge >= 0.3 is 0 Å². The summed E-state index contributed by atoms with van der Waals surface area (Å²) < 4.78 is 0. The van der Waals surface area contributed by atoms with E-state index in [-0.39, 0.29) is 5.69 Å². The summed E-state index contributed by atoms with van der Waals surface area (Å²) in [5.74, 6) is 0. The molecule has 0 saturated heterocycles.